The van der Waals surface area contributed by atoms with Gasteiger partial charge in [0.05, 0.1) is 6.61 Å². The Morgan fingerprint density at radius 3 is 2.80 bits per heavy atom. The maximum Gasteiger partial charge on any atom is 0.160 e. The number of hydrogen-bond donors (Lipinski definition) is 1. The lowest BCUT2D eigenvalue weighted by Crippen LogP contribution is -2.21. The van der Waals surface area contributed by atoms with Crippen molar-refractivity contribution >= 4 is 0 Å². The van der Waals surface area contributed by atoms with Gasteiger partial charge >= 0.3 is 0 Å². The van der Waals surface area contributed by atoms with Crippen LogP contribution in [0.4, 0.5) is 4.39 Å². The zero-order chi connectivity index (χ0) is 7.56. The number of halogens is 1. The van der Waals surface area contributed by atoms with Crippen LogP contribution in [-0.2, 0) is 9.47 Å². The van der Waals surface area contributed by atoms with Crippen LogP contribution in [0, 0.1) is 0 Å². The summed E-state index contributed by atoms with van der Waals surface area (Å²) in [4.78, 5) is 0. The number of ether oxygens (including phenoxy) is 2. The van der Waals surface area contributed by atoms with Crippen molar-refractivity contribution in [2.24, 2.45) is 0 Å². The minimum Gasteiger partial charge on any atom is -0.394 e. The van der Waals surface area contributed by atoms with E-state index in [9.17, 15) is 4.39 Å². The first-order valence-electron chi connectivity index (χ1n) is 3.21. The SMILES string of the molecule is COC1CC(F)C(CO)O1. The van der Waals surface area contributed by atoms with Crippen molar-refractivity contribution in [1.29, 1.82) is 0 Å². The van der Waals surface area contributed by atoms with Crippen molar-refractivity contribution in [2.45, 2.75) is 25.0 Å². The maximum atomic E-state index is 12.7. The third-order valence-electron chi connectivity index (χ3n) is 1.59. The van der Waals surface area contributed by atoms with E-state index >= 15 is 0 Å². The number of methoxy groups -OCH3 is 1. The summed E-state index contributed by atoms with van der Waals surface area (Å²) >= 11 is 0. The molecule has 0 aromatic heterocycles. The van der Waals surface area contributed by atoms with E-state index < -0.39 is 18.6 Å². The first kappa shape index (κ1) is 7.91. The van der Waals surface area contributed by atoms with E-state index in [2.05, 4.69) is 0 Å². The van der Waals surface area contributed by atoms with Crippen molar-refractivity contribution in [3.8, 4) is 0 Å². The van der Waals surface area contributed by atoms with Gasteiger partial charge in [-0.15, -0.1) is 0 Å². The number of aliphatic hydroxyl groups excluding tert-OH is 1. The third kappa shape index (κ3) is 1.45. The summed E-state index contributed by atoms with van der Waals surface area (Å²) in [6, 6.07) is 0. The van der Waals surface area contributed by atoms with Gasteiger partial charge in [-0.05, 0) is 0 Å². The van der Waals surface area contributed by atoms with Crippen LogP contribution in [0.25, 0.3) is 0 Å². The molecule has 1 aliphatic rings. The Hall–Kier alpha value is -0.190. The molecule has 0 amide bonds. The minimum atomic E-state index is -1.09. The summed E-state index contributed by atoms with van der Waals surface area (Å²) in [5.41, 5.74) is 0. The van der Waals surface area contributed by atoms with E-state index in [1.165, 1.54) is 7.11 Å². The number of hydrogen-bond acceptors (Lipinski definition) is 3. The molecule has 0 aromatic carbocycles. The summed E-state index contributed by atoms with van der Waals surface area (Å²) in [6.07, 6.45) is -2.03. The number of alkyl halides is 1. The zero-order valence-corrected chi connectivity index (χ0v) is 5.79. The highest BCUT2D eigenvalue weighted by molar-refractivity contribution is 4.77. The van der Waals surface area contributed by atoms with Gasteiger partial charge in [0, 0.05) is 13.5 Å². The Balaban J connectivity index is 2.36. The fourth-order valence-electron chi connectivity index (χ4n) is 0.981. The topological polar surface area (TPSA) is 38.7 Å². The Morgan fingerprint density at radius 2 is 2.50 bits per heavy atom. The van der Waals surface area contributed by atoms with E-state index in [0.717, 1.165) is 0 Å². The van der Waals surface area contributed by atoms with Crippen molar-refractivity contribution in [2.75, 3.05) is 13.7 Å². The lowest BCUT2D eigenvalue weighted by atomic mass is 10.2. The highest BCUT2D eigenvalue weighted by atomic mass is 19.1. The molecule has 0 bridgehead atoms. The molecular formula is C6H11FO3. The fraction of sp³-hybridized carbons (Fsp3) is 1.00. The second-order valence-electron chi connectivity index (χ2n) is 2.27. The van der Waals surface area contributed by atoms with Crippen molar-refractivity contribution in [1.82, 2.24) is 0 Å². The van der Waals surface area contributed by atoms with Gasteiger partial charge in [-0.25, -0.2) is 4.39 Å². The van der Waals surface area contributed by atoms with Gasteiger partial charge in [0.15, 0.2) is 6.29 Å². The van der Waals surface area contributed by atoms with Crippen LogP contribution < -0.4 is 0 Å². The molecule has 3 unspecified atom stereocenters. The second kappa shape index (κ2) is 3.27. The summed E-state index contributed by atoms with van der Waals surface area (Å²) in [5, 5.41) is 8.53. The van der Waals surface area contributed by atoms with E-state index in [-0.39, 0.29) is 13.0 Å². The Bertz CT molecular complexity index is 109. The normalized spacial score (nSPS) is 40.5. The molecule has 3 nitrogen and oxygen atoms in total. The van der Waals surface area contributed by atoms with Crippen LogP contribution in [0.3, 0.4) is 0 Å². The second-order valence-corrected chi connectivity index (χ2v) is 2.27. The molecule has 1 fully saturated rings. The molecule has 0 aromatic rings. The first-order chi connectivity index (χ1) is 4.77. The van der Waals surface area contributed by atoms with E-state index in [4.69, 9.17) is 14.6 Å². The zero-order valence-electron chi connectivity index (χ0n) is 5.79. The van der Waals surface area contributed by atoms with Gasteiger partial charge in [0.25, 0.3) is 0 Å². The third-order valence-corrected chi connectivity index (χ3v) is 1.59. The van der Waals surface area contributed by atoms with Crippen molar-refractivity contribution in [3.05, 3.63) is 0 Å². The predicted octanol–water partition coefficient (Wildman–Crippen LogP) is 0.0782. The van der Waals surface area contributed by atoms with Gasteiger partial charge in [-0.2, -0.15) is 0 Å². The Kier molecular flexibility index (Phi) is 2.59. The molecule has 1 heterocycles. The molecule has 0 saturated carbocycles. The number of rotatable bonds is 2. The summed E-state index contributed by atoms with van der Waals surface area (Å²) in [5.74, 6) is 0. The molecule has 60 valence electrons. The first-order valence-corrected chi connectivity index (χ1v) is 3.21. The van der Waals surface area contributed by atoms with Crippen LogP contribution in [-0.4, -0.2) is 37.4 Å². The average molecular weight is 150 g/mol. The van der Waals surface area contributed by atoms with E-state index in [1.54, 1.807) is 0 Å². The van der Waals surface area contributed by atoms with E-state index in [0.29, 0.717) is 0 Å². The van der Waals surface area contributed by atoms with Gasteiger partial charge in [0.2, 0.25) is 0 Å². The van der Waals surface area contributed by atoms with Gasteiger partial charge in [-0.1, -0.05) is 0 Å². The molecule has 3 atom stereocenters. The molecule has 1 rings (SSSR count). The van der Waals surface area contributed by atoms with Crippen LogP contribution in [0.5, 0.6) is 0 Å². The molecule has 1 N–H and O–H groups in total. The van der Waals surface area contributed by atoms with Crippen LogP contribution >= 0.6 is 0 Å². The van der Waals surface area contributed by atoms with E-state index in [1.807, 2.05) is 0 Å². The molecule has 0 radical (unpaired) electrons. The highest BCUT2D eigenvalue weighted by Crippen LogP contribution is 2.22. The monoisotopic (exact) mass is 150 g/mol. The smallest absolute Gasteiger partial charge is 0.160 e. The van der Waals surface area contributed by atoms with Crippen LogP contribution in [0.1, 0.15) is 6.42 Å². The van der Waals surface area contributed by atoms with Crippen LogP contribution in [0.2, 0.25) is 0 Å². The fourth-order valence-corrected chi connectivity index (χ4v) is 0.981. The lowest BCUT2D eigenvalue weighted by Gasteiger charge is -2.08. The van der Waals surface area contributed by atoms with Crippen LogP contribution in [0.15, 0.2) is 0 Å². The molecule has 0 spiro atoms. The predicted molar refractivity (Wildman–Crippen MR) is 32.3 cm³/mol. The Labute approximate surface area is 58.7 Å². The van der Waals surface area contributed by atoms with Gasteiger partial charge in [-0.3, -0.25) is 0 Å². The molecule has 10 heavy (non-hydrogen) atoms. The van der Waals surface area contributed by atoms with Crippen molar-refractivity contribution in [3.63, 3.8) is 0 Å². The minimum absolute atomic E-state index is 0.224. The Morgan fingerprint density at radius 1 is 1.80 bits per heavy atom. The standard InChI is InChI=1S/C6H11FO3/c1-9-6-2-4(7)5(3-8)10-6/h4-6,8H,2-3H2,1H3. The van der Waals surface area contributed by atoms with Gasteiger partial charge in [0.1, 0.15) is 12.3 Å². The molecule has 4 heteroatoms. The maximum absolute atomic E-state index is 12.7. The summed E-state index contributed by atoms with van der Waals surface area (Å²) in [6.45, 7) is -0.277. The quantitative estimate of drug-likeness (QED) is 0.605. The molecule has 1 saturated heterocycles. The van der Waals surface area contributed by atoms with Gasteiger partial charge < -0.3 is 14.6 Å². The summed E-state index contributed by atoms with van der Waals surface area (Å²) in [7, 11) is 1.46. The highest BCUT2D eigenvalue weighted by Gasteiger charge is 2.34. The molecule has 0 aliphatic carbocycles. The largest absolute Gasteiger partial charge is 0.394 e. The average Bonchev–Trinajstić information content (AvgIpc) is 2.30. The lowest BCUT2D eigenvalue weighted by molar-refractivity contribution is -0.125. The summed E-state index contributed by atoms with van der Waals surface area (Å²) < 4.78 is 22.3. The number of aliphatic hydroxyl groups is 1. The molecular weight excluding hydrogens is 139 g/mol. The van der Waals surface area contributed by atoms with Crippen molar-refractivity contribution < 1.29 is 19.0 Å². The molecule has 1 aliphatic heterocycles.